The van der Waals surface area contributed by atoms with Crippen LogP contribution in [-0.4, -0.2) is 19.5 Å². The van der Waals surface area contributed by atoms with Gasteiger partial charge in [0.1, 0.15) is 6.04 Å². The third-order valence-corrected chi connectivity index (χ3v) is 5.16. The van der Waals surface area contributed by atoms with Crippen LogP contribution in [0.5, 0.6) is 0 Å². The molecule has 0 fully saturated rings. The lowest BCUT2D eigenvalue weighted by atomic mass is 9.87. The predicted octanol–water partition coefficient (Wildman–Crippen LogP) is 3.52. The Balaban J connectivity index is 1.67. The molecule has 3 rings (SSSR count). The first-order valence-corrected chi connectivity index (χ1v) is 8.95. The van der Waals surface area contributed by atoms with Gasteiger partial charge >= 0.3 is 0 Å². The van der Waals surface area contributed by atoms with Crippen molar-refractivity contribution in [1.82, 2.24) is 0 Å². The lowest BCUT2D eigenvalue weighted by Gasteiger charge is -2.30. The fourth-order valence-corrected chi connectivity index (χ4v) is 3.88. The number of carbonyl (C=O) groups excluding carboxylic acids is 1. The summed E-state index contributed by atoms with van der Waals surface area (Å²) in [5.41, 5.74) is 3.38. The Hall–Kier alpha value is -1.55. The second kappa shape index (κ2) is 7.56. The van der Waals surface area contributed by atoms with Crippen LogP contribution in [0.4, 0.5) is 5.69 Å². The number of amides is 1. The number of nitrogens with one attached hydrogen (secondary N) is 2. The van der Waals surface area contributed by atoms with Gasteiger partial charge in [0.2, 0.25) is 0 Å². The second-order valence-corrected chi connectivity index (χ2v) is 7.18. The molecule has 1 amide bonds. The number of fused-ring (bicyclic) bond motifs is 1. The van der Waals surface area contributed by atoms with Crippen LogP contribution in [0.3, 0.4) is 0 Å². The summed E-state index contributed by atoms with van der Waals surface area (Å²) in [4.78, 5) is 13.6. The molecular formula is C19H21Cl2N2O+. The Kier molecular flexibility index (Phi) is 5.44. The van der Waals surface area contributed by atoms with Crippen LogP contribution < -0.4 is 10.2 Å². The van der Waals surface area contributed by atoms with Gasteiger partial charge in [0.15, 0.2) is 6.54 Å². The highest BCUT2D eigenvalue weighted by atomic mass is 35.5. The standard InChI is InChI=1S/C19H20Cl2N2O/c1-23(18-8-4-6-13-5-2-3-7-15(13)18)12-19(24)22-17-10-9-14(20)11-16(17)21/h2-3,5,7,9-11,18H,4,6,8,12H2,1H3,(H,22,24)/p+1/t18-/m0/s1. The molecule has 0 spiro atoms. The maximum atomic E-state index is 12.4. The fourth-order valence-electron chi connectivity index (χ4n) is 3.43. The van der Waals surface area contributed by atoms with Crippen molar-refractivity contribution in [3.63, 3.8) is 0 Å². The molecule has 0 heterocycles. The van der Waals surface area contributed by atoms with E-state index in [4.69, 9.17) is 23.2 Å². The Bertz CT molecular complexity index is 748. The summed E-state index contributed by atoms with van der Waals surface area (Å²) in [5, 5.41) is 3.89. The Morgan fingerprint density at radius 3 is 2.83 bits per heavy atom. The highest BCUT2D eigenvalue weighted by Crippen LogP contribution is 2.27. The zero-order chi connectivity index (χ0) is 17.1. The zero-order valence-electron chi connectivity index (χ0n) is 13.6. The quantitative estimate of drug-likeness (QED) is 0.855. The van der Waals surface area contributed by atoms with E-state index >= 15 is 0 Å². The van der Waals surface area contributed by atoms with E-state index in [1.54, 1.807) is 18.2 Å². The van der Waals surface area contributed by atoms with Crippen molar-refractivity contribution in [2.75, 3.05) is 18.9 Å². The van der Waals surface area contributed by atoms with Crippen molar-refractivity contribution in [1.29, 1.82) is 0 Å². The first kappa shape index (κ1) is 17.3. The average molecular weight is 364 g/mol. The number of benzene rings is 2. The number of halogens is 2. The minimum atomic E-state index is -0.0419. The van der Waals surface area contributed by atoms with Gasteiger partial charge in [-0.15, -0.1) is 0 Å². The highest BCUT2D eigenvalue weighted by Gasteiger charge is 2.28. The largest absolute Gasteiger partial charge is 0.323 e. The van der Waals surface area contributed by atoms with Crippen molar-refractivity contribution >= 4 is 34.8 Å². The van der Waals surface area contributed by atoms with Gasteiger partial charge in [-0.25, -0.2) is 0 Å². The summed E-state index contributed by atoms with van der Waals surface area (Å²) in [6.07, 6.45) is 3.41. The van der Waals surface area contributed by atoms with Crippen molar-refractivity contribution in [3.05, 3.63) is 63.6 Å². The van der Waals surface area contributed by atoms with Crippen LogP contribution in [-0.2, 0) is 11.2 Å². The fraction of sp³-hybridized carbons (Fsp3) is 0.316. The smallest absolute Gasteiger partial charge is 0.279 e. The molecule has 0 radical (unpaired) electrons. The van der Waals surface area contributed by atoms with E-state index in [0.29, 0.717) is 28.3 Å². The Labute approximate surface area is 152 Å². The van der Waals surface area contributed by atoms with Gasteiger partial charge in [0.25, 0.3) is 5.91 Å². The maximum Gasteiger partial charge on any atom is 0.279 e. The van der Waals surface area contributed by atoms with E-state index < -0.39 is 0 Å². The molecule has 1 aliphatic rings. The number of quaternary nitrogens is 1. The summed E-state index contributed by atoms with van der Waals surface area (Å²) in [6.45, 7) is 0.401. The predicted molar refractivity (Wildman–Crippen MR) is 99.0 cm³/mol. The summed E-state index contributed by atoms with van der Waals surface area (Å²) in [6, 6.07) is 14.0. The number of rotatable bonds is 4. The van der Waals surface area contributed by atoms with Crippen LogP contribution in [0.25, 0.3) is 0 Å². The van der Waals surface area contributed by atoms with Gasteiger partial charge in [-0.05, 0) is 36.6 Å². The molecule has 0 saturated heterocycles. The van der Waals surface area contributed by atoms with E-state index in [1.165, 1.54) is 22.4 Å². The van der Waals surface area contributed by atoms with Gasteiger partial charge in [-0.1, -0.05) is 47.5 Å². The van der Waals surface area contributed by atoms with Crippen molar-refractivity contribution in [2.24, 2.45) is 0 Å². The molecule has 2 atom stereocenters. The van der Waals surface area contributed by atoms with Gasteiger partial charge in [-0.3, -0.25) is 4.79 Å². The Morgan fingerprint density at radius 1 is 1.25 bits per heavy atom. The zero-order valence-corrected chi connectivity index (χ0v) is 15.1. The molecule has 2 aromatic rings. The summed E-state index contributed by atoms with van der Waals surface area (Å²) < 4.78 is 0. The lowest BCUT2D eigenvalue weighted by Crippen LogP contribution is -3.10. The number of hydrogen-bond acceptors (Lipinski definition) is 1. The number of hydrogen-bond donors (Lipinski definition) is 2. The molecule has 2 aromatic carbocycles. The van der Waals surface area contributed by atoms with E-state index in [2.05, 4.69) is 36.6 Å². The number of likely N-dealkylation sites (N-methyl/N-ethyl adjacent to an activating group) is 1. The third kappa shape index (κ3) is 3.92. The van der Waals surface area contributed by atoms with Crippen molar-refractivity contribution in [2.45, 2.75) is 25.3 Å². The highest BCUT2D eigenvalue weighted by molar-refractivity contribution is 6.36. The number of anilines is 1. The van der Waals surface area contributed by atoms with Gasteiger partial charge < -0.3 is 10.2 Å². The molecule has 3 nitrogen and oxygen atoms in total. The molecule has 5 heteroatoms. The molecule has 126 valence electrons. The molecule has 0 aliphatic heterocycles. The number of aryl methyl sites for hydroxylation is 1. The second-order valence-electron chi connectivity index (χ2n) is 6.34. The van der Waals surface area contributed by atoms with Crippen molar-refractivity contribution < 1.29 is 9.69 Å². The molecule has 2 N–H and O–H groups in total. The maximum absolute atomic E-state index is 12.4. The van der Waals surface area contributed by atoms with E-state index in [1.807, 2.05) is 0 Å². The average Bonchev–Trinajstić information content (AvgIpc) is 2.57. The molecule has 1 aliphatic carbocycles. The van der Waals surface area contributed by atoms with Gasteiger partial charge in [-0.2, -0.15) is 0 Å². The molecule has 1 unspecified atom stereocenters. The van der Waals surface area contributed by atoms with Crippen LogP contribution in [0, 0.1) is 0 Å². The van der Waals surface area contributed by atoms with E-state index in [0.717, 1.165) is 12.8 Å². The molecular weight excluding hydrogens is 343 g/mol. The summed E-state index contributed by atoms with van der Waals surface area (Å²) >= 11 is 12.0. The monoisotopic (exact) mass is 363 g/mol. The van der Waals surface area contributed by atoms with Crippen molar-refractivity contribution in [3.8, 4) is 0 Å². The van der Waals surface area contributed by atoms with Crippen LogP contribution in [0.15, 0.2) is 42.5 Å². The Morgan fingerprint density at radius 2 is 2.04 bits per heavy atom. The first-order valence-electron chi connectivity index (χ1n) is 8.19. The van der Waals surface area contributed by atoms with Crippen LogP contribution in [0.1, 0.15) is 30.0 Å². The molecule has 0 bridgehead atoms. The van der Waals surface area contributed by atoms with E-state index in [9.17, 15) is 4.79 Å². The minimum absolute atomic E-state index is 0.0419. The summed E-state index contributed by atoms with van der Waals surface area (Å²) in [5.74, 6) is -0.0419. The SMILES string of the molecule is C[NH+](CC(=O)Nc1ccc(Cl)cc1Cl)[C@H]1CCCc2ccccc21. The lowest BCUT2D eigenvalue weighted by molar-refractivity contribution is -0.905. The van der Waals surface area contributed by atoms with Crippen LogP contribution in [0.2, 0.25) is 10.0 Å². The molecule has 24 heavy (non-hydrogen) atoms. The first-order chi connectivity index (χ1) is 11.5. The summed E-state index contributed by atoms with van der Waals surface area (Å²) in [7, 11) is 2.08. The minimum Gasteiger partial charge on any atom is -0.323 e. The third-order valence-electron chi connectivity index (χ3n) is 4.61. The molecule has 0 aromatic heterocycles. The van der Waals surface area contributed by atoms with Gasteiger partial charge in [0.05, 0.1) is 17.8 Å². The van der Waals surface area contributed by atoms with Gasteiger partial charge in [0, 0.05) is 17.0 Å². The number of carbonyl (C=O) groups is 1. The van der Waals surface area contributed by atoms with Crippen LogP contribution >= 0.6 is 23.2 Å². The molecule has 0 saturated carbocycles. The topological polar surface area (TPSA) is 33.5 Å². The normalized spacial score (nSPS) is 17.9. The van der Waals surface area contributed by atoms with E-state index in [-0.39, 0.29) is 5.91 Å².